The molecule has 1 unspecified atom stereocenters. The van der Waals surface area contributed by atoms with Gasteiger partial charge in [-0.1, -0.05) is 15.9 Å². The van der Waals surface area contributed by atoms with Crippen LogP contribution in [0.2, 0.25) is 0 Å². The lowest BCUT2D eigenvalue weighted by Crippen LogP contribution is -2.37. The molecule has 4 nitrogen and oxygen atoms in total. The summed E-state index contributed by atoms with van der Waals surface area (Å²) in [6, 6.07) is 11.0. The Morgan fingerprint density at radius 3 is 2.65 bits per heavy atom. The topological polar surface area (TPSA) is 42.7 Å². The number of amides is 1. The molecule has 20 heavy (non-hydrogen) atoms. The van der Waals surface area contributed by atoms with Gasteiger partial charge >= 0.3 is 0 Å². The molecule has 0 bridgehead atoms. The van der Waals surface area contributed by atoms with E-state index in [4.69, 9.17) is 9.15 Å². The van der Waals surface area contributed by atoms with Gasteiger partial charge in [0.25, 0.3) is 5.91 Å². The molecule has 2 rings (SSSR count). The van der Waals surface area contributed by atoms with Crippen LogP contribution < -0.4 is 4.74 Å². The number of likely N-dealkylation sites (N-methyl/N-ethyl adjacent to an activating group) is 1. The van der Waals surface area contributed by atoms with E-state index >= 15 is 0 Å². The summed E-state index contributed by atoms with van der Waals surface area (Å²) in [5.74, 6) is 1.32. The lowest BCUT2D eigenvalue weighted by molar-refractivity contribution is -0.137. The molecule has 0 spiro atoms. The summed E-state index contributed by atoms with van der Waals surface area (Å²) >= 11 is 3.36. The average Bonchev–Trinajstić information content (AvgIpc) is 2.93. The summed E-state index contributed by atoms with van der Waals surface area (Å²) in [4.78, 5) is 13.8. The molecule has 0 N–H and O–H groups in total. The molecule has 1 amide bonds. The van der Waals surface area contributed by atoms with Crippen molar-refractivity contribution in [2.24, 2.45) is 0 Å². The number of nitrogens with zero attached hydrogens (tertiary/aromatic N) is 1. The van der Waals surface area contributed by atoms with E-state index in [0.29, 0.717) is 12.3 Å². The summed E-state index contributed by atoms with van der Waals surface area (Å²) in [7, 11) is 1.73. The fourth-order valence-electron chi connectivity index (χ4n) is 1.79. The molecule has 0 radical (unpaired) electrons. The van der Waals surface area contributed by atoms with Gasteiger partial charge in [-0.15, -0.1) is 0 Å². The van der Waals surface area contributed by atoms with Gasteiger partial charge in [0.05, 0.1) is 12.8 Å². The molecule has 0 saturated heterocycles. The molecule has 5 heteroatoms. The highest BCUT2D eigenvalue weighted by Crippen LogP contribution is 2.18. The van der Waals surface area contributed by atoms with Crippen LogP contribution in [0.3, 0.4) is 0 Å². The number of carbonyl (C=O) groups excluding carboxylic acids is 1. The van der Waals surface area contributed by atoms with E-state index in [9.17, 15) is 4.79 Å². The van der Waals surface area contributed by atoms with Gasteiger partial charge in [0.2, 0.25) is 0 Å². The predicted octanol–water partition coefficient (Wildman–Crippen LogP) is 3.47. The van der Waals surface area contributed by atoms with E-state index in [2.05, 4.69) is 15.9 Å². The zero-order valence-electron chi connectivity index (χ0n) is 11.4. The van der Waals surface area contributed by atoms with Gasteiger partial charge in [0.15, 0.2) is 6.10 Å². The summed E-state index contributed by atoms with van der Waals surface area (Å²) < 4.78 is 11.8. The number of carbonyl (C=O) groups is 1. The number of benzene rings is 1. The van der Waals surface area contributed by atoms with E-state index in [0.717, 1.165) is 10.2 Å². The summed E-state index contributed by atoms with van der Waals surface area (Å²) in [6.45, 7) is 2.17. The first-order chi connectivity index (χ1) is 9.56. The fraction of sp³-hybridized carbons (Fsp3) is 0.267. The summed E-state index contributed by atoms with van der Waals surface area (Å²) in [5, 5.41) is 0. The molecule has 1 aromatic heterocycles. The third kappa shape index (κ3) is 3.87. The molecule has 1 heterocycles. The Morgan fingerprint density at radius 1 is 1.35 bits per heavy atom. The van der Waals surface area contributed by atoms with Crippen molar-refractivity contribution in [3.05, 3.63) is 52.9 Å². The van der Waals surface area contributed by atoms with Crippen molar-refractivity contribution in [2.75, 3.05) is 7.05 Å². The SMILES string of the molecule is CC(Oc1ccc(Br)cc1)C(=O)N(C)Cc1ccco1. The van der Waals surface area contributed by atoms with Crippen LogP contribution in [0.15, 0.2) is 51.6 Å². The third-order valence-corrected chi connectivity index (χ3v) is 3.35. The maximum absolute atomic E-state index is 12.2. The van der Waals surface area contributed by atoms with E-state index in [1.54, 1.807) is 31.2 Å². The van der Waals surface area contributed by atoms with Crippen LogP contribution in [-0.4, -0.2) is 24.0 Å². The molecule has 0 aliphatic carbocycles. The predicted molar refractivity (Wildman–Crippen MR) is 79.4 cm³/mol. The van der Waals surface area contributed by atoms with Crippen LogP contribution in [0.5, 0.6) is 5.75 Å². The fourth-order valence-corrected chi connectivity index (χ4v) is 2.06. The van der Waals surface area contributed by atoms with Crippen LogP contribution >= 0.6 is 15.9 Å². The molecule has 1 atom stereocenters. The van der Waals surface area contributed by atoms with Gasteiger partial charge in [0, 0.05) is 11.5 Å². The standard InChI is InChI=1S/C15H16BrNO3/c1-11(20-13-7-5-12(16)6-8-13)15(18)17(2)10-14-4-3-9-19-14/h3-9,11H,10H2,1-2H3. The highest BCUT2D eigenvalue weighted by atomic mass is 79.9. The van der Waals surface area contributed by atoms with Gasteiger partial charge in [-0.2, -0.15) is 0 Å². The number of furan rings is 1. The van der Waals surface area contributed by atoms with Crippen LogP contribution in [0.4, 0.5) is 0 Å². The maximum atomic E-state index is 12.2. The number of rotatable bonds is 5. The van der Waals surface area contributed by atoms with Crippen molar-refractivity contribution in [3.8, 4) is 5.75 Å². The van der Waals surface area contributed by atoms with Gasteiger partial charge in [0.1, 0.15) is 11.5 Å². The Morgan fingerprint density at radius 2 is 2.05 bits per heavy atom. The monoisotopic (exact) mass is 337 g/mol. The van der Waals surface area contributed by atoms with Crippen molar-refractivity contribution in [1.29, 1.82) is 0 Å². The van der Waals surface area contributed by atoms with Crippen LogP contribution in [-0.2, 0) is 11.3 Å². The summed E-state index contributed by atoms with van der Waals surface area (Å²) in [6.07, 6.45) is 1.05. The second-order valence-corrected chi connectivity index (χ2v) is 5.40. The number of hydrogen-bond acceptors (Lipinski definition) is 3. The summed E-state index contributed by atoms with van der Waals surface area (Å²) in [5.41, 5.74) is 0. The molecular formula is C15H16BrNO3. The second-order valence-electron chi connectivity index (χ2n) is 4.49. The third-order valence-electron chi connectivity index (χ3n) is 2.82. The van der Waals surface area contributed by atoms with Crippen molar-refractivity contribution < 1.29 is 13.9 Å². The van der Waals surface area contributed by atoms with Gasteiger partial charge in [-0.05, 0) is 43.3 Å². The van der Waals surface area contributed by atoms with E-state index in [1.807, 2.05) is 30.3 Å². The zero-order chi connectivity index (χ0) is 14.5. The minimum atomic E-state index is -0.545. The smallest absolute Gasteiger partial charge is 0.263 e. The van der Waals surface area contributed by atoms with E-state index in [1.165, 1.54) is 0 Å². The minimum Gasteiger partial charge on any atom is -0.481 e. The Kier molecular flexibility index (Phi) is 4.84. The first kappa shape index (κ1) is 14.7. The first-order valence-corrected chi connectivity index (χ1v) is 7.05. The van der Waals surface area contributed by atoms with Crippen LogP contribution in [0, 0.1) is 0 Å². The lowest BCUT2D eigenvalue weighted by atomic mass is 10.3. The van der Waals surface area contributed by atoms with E-state index < -0.39 is 6.10 Å². The van der Waals surface area contributed by atoms with Crippen molar-refractivity contribution >= 4 is 21.8 Å². The second kappa shape index (κ2) is 6.61. The van der Waals surface area contributed by atoms with Crippen molar-refractivity contribution in [1.82, 2.24) is 4.90 Å². The quantitative estimate of drug-likeness (QED) is 0.838. The lowest BCUT2D eigenvalue weighted by Gasteiger charge is -2.21. The highest BCUT2D eigenvalue weighted by molar-refractivity contribution is 9.10. The Balaban J connectivity index is 1.92. The Labute approximate surface area is 126 Å². The highest BCUT2D eigenvalue weighted by Gasteiger charge is 2.19. The normalized spacial score (nSPS) is 11.9. The number of halogens is 1. The molecule has 106 valence electrons. The van der Waals surface area contributed by atoms with E-state index in [-0.39, 0.29) is 5.91 Å². The van der Waals surface area contributed by atoms with Gasteiger partial charge in [-0.3, -0.25) is 4.79 Å². The minimum absolute atomic E-state index is 0.0932. The van der Waals surface area contributed by atoms with Crippen LogP contribution in [0.1, 0.15) is 12.7 Å². The average molecular weight is 338 g/mol. The maximum Gasteiger partial charge on any atom is 0.263 e. The first-order valence-electron chi connectivity index (χ1n) is 6.26. The Bertz CT molecular complexity index is 551. The molecule has 2 aromatic rings. The number of hydrogen-bond donors (Lipinski definition) is 0. The molecule has 0 fully saturated rings. The zero-order valence-corrected chi connectivity index (χ0v) is 13.0. The van der Waals surface area contributed by atoms with Crippen molar-refractivity contribution in [3.63, 3.8) is 0 Å². The van der Waals surface area contributed by atoms with Gasteiger partial charge in [-0.25, -0.2) is 0 Å². The number of ether oxygens (including phenoxy) is 1. The van der Waals surface area contributed by atoms with Crippen molar-refractivity contribution in [2.45, 2.75) is 19.6 Å². The largest absolute Gasteiger partial charge is 0.481 e. The molecule has 1 aromatic carbocycles. The molecule has 0 aliphatic rings. The van der Waals surface area contributed by atoms with Gasteiger partial charge < -0.3 is 14.1 Å². The molecule has 0 aliphatic heterocycles. The molecular weight excluding hydrogens is 322 g/mol. The molecule has 0 saturated carbocycles. The Hall–Kier alpha value is -1.75. The van der Waals surface area contributed by atoms with Crippen LogP contribution in [0.25, 0.3) is 0 Å².